The molecule has 0 bridgehead atoms. The van der Waals surface area contributed by atoms with E-state index < -0.39 is 0 Å². The van der Waals surface area contributed by atoms with Crippen molar-refractivity contribution in [3.05, 3.63) is 33.5 Å². The number of aromatic amines is 1. The number of nitrogens with zero attached hydrogens (tertiary/aromatic N) is 3. The quantitative estimate of drug-likeness (QED) is 0.921. The zero-order chi connectivity index (χ0) is 14.7. The van der Waals surface area contributed by atoms with Gasteiger partial charge in [0.1, 0.15) is 5.82 Å². The van der Waals surface area contributed by atoms with Gasteiger partial charge in [0, 0.05) is 23.2 Å². The van der Waals surface area contributed by atoms with E-state index >= 15 is 0 Å². The number of hydrogen-bond acceptors (Lipinski definition) is 4. The average molecular weight is 292 g/mol. The molecule has 0 spiro atoms. The van der Waals surface area contributed by atoms with Gasteiger partial charge in [0.05, 0.1) is 6.04 Å². The first-order chi connectivity index (χ1) is 9.52. The van der Waals surface area contributed by atoms with Gasteiger partial charge in [-0.05, 0) is 32.4 Å². The van der Waals surface area contributed by atoms with Crippen LogP contribution in [0.1, 0.15) is 52.5 Å². The van der Waals surface area contributed by atoms with Crippen LogP contribution in [0.15, 0.2) is 12.1 Å². The highest BCUT2D eigenvalue weighted by Crippen LogP contribution is 2.26. The molecule has 0 saturated carbocycles. The third-order valence-corrected chi connectivity index (χ3v) is 4.45. The Morgan fingerprint density at radius 3 is 2.85 bits per heavy atom. The minimum Gasteiger partial charge on any atom is -0.331 e. The van der Waals surface area contributed by atoms with Gasteiger partial charge in [0.2, 0.25) is 5.82 Å². The molecule has 2 heterocycles. The molecule has 1 amide bonds. The van der Waals surface area contributed by atoms with E-state index in [1.165, 1.54) is 9.75 Å². The molecule has 6 heteroatoms. The number of hydrogen-bond donors (Lipinski definition) is 1. The molecule has 5 nitrogen and oxygen atoms in total. The summed E-state index contributed by atoms with van der Waals surface area (Å²) < 4.78 is 0. The van der Waals surface area contributed by atoms with Crippen molar-refractivity contribution in [1.29, 1.82) is 0 Å². The van der Waals surface area contributed by atoms with Crippen molar-refractivity contribution in [3.8, 4) is 0 Å². The maximum absolute atomic E-state index is 12.4. The Balaban J connectivity index is 2.10. The summed E-state index contributed by atoms with van der Waals surface area (Å²) in [5.74, 6) is 0.863. The van der Waals surface area contributed by atoms with Gasteiger partial charge in [0.15, 0.2) is 0 Å². The van der Waals surface area contributed by atoms with Gasteiger partial charge in [-0.1, -0.05) is 6.92 Å². The lowest BCUT2D eigenvalue weighted by molar-refractivity contribution is 0.0733. The Hall–Kier alpha value is -1.69. The third kappa shape index (κ3) is 3.07. The summed E-state index contributed by atoms with van der Waals surface area (Å²) in [4.78, 5) is 20.7. The second-order valence-electron chi connectivity index (χ2n) is 4.90. The summed E-state index contributed by atoms with van der Waals surface area (Å²) in [5, 5.41) is 6.83. The fourth-order valence-corrected chi connectivity index (χ4v) is 2.91. The number of aryl methyl sites for hydroxylation is 2. The van der Waals surface area contributed by atoms with Crippen molar-refractivity contribution in [2.45, 2.75) is 39.7 Å². The SMILES string of the molecule is CCCc1nc(C(=O)N(C)C(C)c2ccc(C)s2)n[nH]1. The molecule has 2 aromatic heterocycles. The molecule has 0 aliphatic rings. The lowest BCUT2D eigenvalue weighted by Crippen LogP contribution is -2.30. The van der Waals surface area contributed by atoms with E-state index in [2.05, 4.69) is 41.2 Å². The third-order valence-electron chi connectivity index (χ3n) is 3.28. The van der Waals surface area contributed by atoms with Crippen LogP contribution in [-0.2, 0) is 6.42 Å². The minimum absolute atomic E-state index is 0.0225. The van der Waals surface area contributed by atoms with Crippen LogP contribution in [0.3, 0.4) is 0 Å². The predicted molar refractivity (Wildman–Crippen MR) is 79.9 cm³/mol. The Kier molecular flexibility index (Phi) is 4.54. The van der Waals surface area contributed by atoms with Crippen molar-refractivity contribution in [3.63, 3.8) is 0 Å². The highest BCUT2D eigenvalue weighted by atomic mass is 32.1. The highest BCUT2D eigenvalue weighted by Gasteiger charge is 2.23. The molecule has 1 unspecified atom stereocenters. The molecular formula is C14H20N4OS. The summed E-state index contributed by atoms with van der Waals surface area (Å²) >= 11 is 1.71. The van der Waals surface area contributed by atoms with Crippen molar-refractivity contribution >= 4 is 17.2 Å². The molecule has 0 aliphatic heterocycles. The molecule has 0 fully saturated rings. The lowest BCUT2D eigenvalue weighted by atomic mass is 10.2. The fraction of sp³-hybridized carbons (Fsp3) is 0.500. The first-order valence-corrected chi connectivity index (χ1v) is 7.59. The topological polar surface area (TPSA) is 61.9 Å². The van der Waals surface area contributed by atoms with E-state index in [9.17, 15) is 4.79 Å². The lowest BCUT2D eigenvalue weighted by Gasteiger charge is -2.22. The van der Waals surface area contributed by atoms with Crippen LogP contribution in [0, 0.1) is 6.92 Å². The largest absolute Gasteiger partial charge is 0.331 e. The molecule has 0 aromatic carbocycles. The summed E-state index contributed by atoms with van der Waals surface area (Å²) in [5.41, 5.74) is 0. The summed E-state index contributed by atoms with van der Waals surface area (Å²) in [7, 11) is 1.79. The number of thiophene rings is 1. The number of carbonyl (C=O) groups is 1. The van der Waals surface area contributed by atoms with Gasteiger partial charge in [-0.15, -0.1) is 16.4 Å². The zero-order valence-corrected chi connectivity index (χ0v) is 13.1. The number of amides is 1. The number of rotatable bonds is 5. The molecule has 108 valence electrons. The van der Waals surface area contributed by atoms with E-state index in [0.29, 0.717) is 0 Å². The maximum atomic E-state index is 12.4. The van der Waals surface area contributed by atoms with Crippen LogP contribution in [0.2, 0.25) is 0 Å². The molecule has 1 atom stereocenters. The zero-order valence-electron chi connectivity index (χ0n) is 12.3. The first kappa shape index (κ1) is 14.7. The molecule has 0 saturated heterocycles. The van der Waals surface area contributed by atoms with Gasteiger partial charge in [0.25, 0.3) is 5.91 Å². The average Bonchev–Trinajstić information content (AvgIpc) is 3.06. The standard InChI is InChI=1S/C14H20N4OS/c1-5-6-12-15-13(17-16-12)14(19)18(4)10(3)11-8-7-9(2)20-11/h7-8,10H,5-6H2,1-4H3,(H,15,16,17). The van der Waals surface area contributed by atoms with E-state index in [-0.39, 0.29) is 17.8 Å². The van der Waals surface area contributed by atoms with Crippen molar-refractivity contribution in [2.24, 2.45) is 0 Å². The van der Waals surface area contributed by atoms with E-state index in [1.54, 1.807) is 23.3 Å². The predicted octanol–water partition coefficient (Wildman–Crippen LogP) is 2.96. The smallest absolute Gasteiger partial charge is 0.293 e. The molecule has 1 N–H and O–H groups in total. The monoisotopic (exact) mass is 292 g/mol. The minimum atomic E-state index is -0.151. The molecular weight excluding hydrogens is 272 g/mol. The van der Waals surface area contributed by atoms with Crippen LogP contribution in [0.25, 0.3) is 0 Å². The van der Waals surface area contributed by atoms with Gasteiger partial charge >= 0.3 is 0 Å². The Labute approximate surface area is 123 Å². The first-order valence-electron chi connectivity index (χ1n) is 6.77. The van der Waals surface area contributed by atoms with Crippen LogP contribution in [-0.4, -0.2) is 33.0 Å². The van der Waals surface area contributed by atoms with E-state index in [1.807, 2.05) is 6.92 Å². The molecule has 0 radical (unpaired) electrons. The van der Waals surface area contributed by atoms with Crippen LogP contribution in [0.4, 0.5) is 0 Å². The van der Waals surface area contributed by atoms with Crippen molar-refractivity contribution in [2.75, 3.05) is 7.05 Å². The van der Waals surface area contributed by atoms with Crippen LogP contribution < -0.4 is 0 Å². The Morgan fingerprint density at radius 2 is 2.25 bits per heavy atom. The van der Waals surface area contributed by atoms with Gasteiger partial charge < -0.3 is 4.90 Å². The number of carbonyl (C=O) groups excluding carboxylic acids is 1. The van der Waals surface area contributed by atoms with E-state index in [0.717, 1.165) is 18.7 Å². The summed E-state index contributed by atoms with van der Waals surface area (Å²) in [6.45, 7) is 6.15. The van der Waals surface area contributed by atoms with Gasteiger partial charge in [-0.2, -0.15) is 0 Å². The van der Waals surface area contributed by atoms with E-state index in [4.69, 9.17) is 0 Å². The normalized spacial score (nSPS) is 12.4. The second kappa shape index (κ2) is 6.17. The van der Waals surface area contributed by atoms with Gasteiger partial charge in [-0.25, -0.2) is 4.98 Å². The van der Waals surface area contributed by atoms with Crippen LogP contribution in [0.5, 0.6) is 0 Å². The Bertz CT molecular complexity index is 590. The van der Waals surface area contributed by atoms with Gasteiger partial charge in [-0.3, -0.25) is 9.89 Å². The fourth-order valence-electron chi connectivity index (χ4n) is 1.94. The number of nitrogens with one attached hydrogen (secondary N) is 1. The number of aromatic nitrogens is 3. The van der Waals surface area contributed by atoms with Crippen molar-refractivity contribution in [1.82, 2.24) is 20.1 Å². The summed E-state index contributed by atoms with van der Waals surface area (Å²) in [6, 6.07) is 4.16. The Morgan fingerprint density at radius 1 is 1.50 bits per heavy atom. The molecule has 2 aromatic rings. The van der Waals surface area contributed by atoms with Crippen LogP contribution >= 0.6 is 11.3 Å². The molecule has 2 rings (SSSR count). The molecule has 20 heavy (non-hydrogen) atoms. The number of H-pyrrole nitrogens is 1. The van der Waals surface area contributed by atoms with Crippen molar-refractivity contribution < 1.29 is 4.79 Å². The second-order valence-corrected chi connectivity index (χ2v) is 6.22. The summed E-state index contributed by atoms with van der Waals surface area (Å²) in [6.07, 6.45) is 1.78. The highest BCUT2D eigenvalue weighted by molar-refractivity contribution is 7.12. The maximum Gasteiger partial charge on any atom is 0.293 e. The molecule has 0 aliphatic carbocycles.